The van der Waals surface area contributed by atoms with Crippen LogP contribution in [0.5, 0.6) is 0 Å². The second kappa shape index (κ2) is 6.16. The molecule has 100 valence electrons. The highest BCUT2D eigenvalue weighted by Gasteiger charge is 2.22. The van der Waals surface area contributed by atoms with Gasteiger partial charge < -0.3 is 15.5 Å². The van der Waals surface area contributed by atoms with Crippen molar-refractivity contribution in [3.05, 3.63) is 23.9 Å². The van der Waals surface area contributed by atoms with E-state index in [1.54, 1.807) is 0 Å². The van der Waals surface area contributed by atoms with Gasteiger partial charge in [-0.05, 0) is 44.1 Å². The standard InChI is InChI=1S/C14H24N4/c1-3-13-11-17(2)7-4-8-18(13)14-9-12(10-15)5-6-16-14/h5-6,9,13H,3-4,7-8,10-11,15H2,1-2H3. The Morgan fingerprint density at radius 2 is 2.28 bits per heavy atom. The number of nitrogens with two attached hydrogens (primary N) is 1. The van der Waals surface area contributed by atoms with Crippen molar-refractivity contribution >= 4 is 5.82 Å². The Morgan fingerprint density at radius 1 is 1.44 bits per heavy atom. The number of nitrogens with zero attached hydrogens (tertiary/aromatic N) is 3. The van der Waals surface area contributed by atoms with Gasteiger partial charge in [0.2, 0.25) is 0 Å². The second-order valence-corrected chi connectivity index (χ2v) is 5.10. The van der Waals surface area contributed by atoms with Crippen LogP contribution in [0, 0.1) is 0 Å². The Balaban J connectivity index is 2.22. The molecular formula is C14H24N4. The molecule has 18 heavy (non-hydrogen) atoms. The summed E-state index contributed by atoms with van der Waals surface area (Å²) in [6.45, 7) is 6.21. The van der Waals surface area contributed by atoms with Crippen LogP contribution in [-0.4, -0.2) is 42.6 Å². The number of pyridine rings is 1. The van der Waals surface area contributed by atoms with E-state index in [2.05, 4.69) is 34.8 Å². The highest BCUT2D eigenvalue weighted by atomic mass is 15.3. The van der Waals surface area contributed by atoms with Crippen molar-refractivity contribution < 1.29 is 0 Å². The van der Waals surface area contributed by atoms with Crippen molar-refractivity contribution in [2.24, 2.45) is 5.73 Å². The molecule has 1 aromatic heterocycles. The zero-order valence-corrected chi connectivity index (χ0v) is 11.5. The lowest BCUT2D eigenvalue weighted by Crippen LogP contribution is -2.40. The Morgan fingerprint density at radius 3 is 3.00 bits per heavy atom. The summed E-state index contributed by atoms with van der Waals surface area (Å²) in [6.07, 6.45) is 4.22. The van der Waals surface area contributed by atoms with Gasteiger partial charge in [0.05, 0.1) is 0 Å². The van der Waals surface area contributed by atoms with E-state index < -0.39 is 0 Å². The third-order valence-corrected chi connectivity index (χ3v) is 3.71. The van der Waals surface area contributed by atoms with Crippen LogP contribution < -0.4 is 10.6 Å². The average molecular weight is 248 g/mol. The molecule has 0 saturated carbocycles. The van der Waals surface area contributed by atoms with Gasteiger partial charge >= 0.3 is 0 Å². The first-order valence-electron chi connectivity index (χ1n) is 6.84. The number of hydrogen-bond donors (Lipinski definition) is 1. The normalized spacial score (nSPS) is 21.9. The summed E-state index contributed by atoms with van der Waals surface area (Å²) in [5, 5.41) is 0. The van der Waals surface area contributed by atoms with Gasteiger partial charge in [-0.2, -0.15) is 0 Å². The van der Waals surface area contributed by atoms with Crippen LogP contribution in [0.2, 0.25) is 0 Å². The average Bonchev–Trinajstić information content (AvgIpc) is 2.60. The van der Waals surface area contributed by atoms with E-state index in [1.807, 2.05) is 12.3 Å². The third-order valence-electron chi connectivity index (χ3n) is 3.71. The Hall–Kier alpha value is -1.13. The molecular weight excluding hydrogens is 224 g/mol. The fraction of sp³-hybridized carbons (Fsp3) is 0.643. The van der Waals surface area contributed by atoms with Gasteiger partial charge in [0.25, 0.3) is 0 Å². The predicted molar refractivity (Wildman–Crippen MR) is 75.7 cm³/mol. The van der Waals surface area contributed by atoms with Crippen molar-refractivity contribution in [2.75, 3.05) is 31.6 Å². The number of anilines is 1. The van der Waals surface area contributed by atoms with Crippen molar-refractivity contribution in [1.82, 2.24) is 9.88 Å². The second-order valence-electron chi connectivity index (χ2n) is 5.10. The summed E-state index contributed by atoms with van der Waals surface area (Å²) in [4.78, 5) is 9.39. The Bertz CT molecular complexity index is 380. The summed E-state index contributed by atoms with van der Waals surface area (Å²) in [6, 6.07) is 4.68. The topological polar surface area (TPSA) is 45.4 Å². The summed E-state index contributed by atoms with van der Waals surface area (Å²) in [7, 11) is 2.20. The van der Waals surface area contributed by atoms with E-state index in [0.29, 0.717) is 12.6 Å². The molecule has 0 bridgehead atoms. The minimum absolute atomic E-state index is 0.554. The van der Waals surface area contributed by atoms with E-state index in [4.69, 9.17) is 5.73 Å². The molecule has 2 N–H and O–H groups in total. The summed E-state index contributed by atoms with van der Waals surface area (Å²) in [5.41, 5.74) is 6.87. The van der Waals surface area contributed by atoms with E-state index in [-0.39, 0.29) is 0 Å². The third kappa shape index (κ3) is 3.00. The lowest BCUT2D eigenvalue weighted by atomic mass is 10.1. The molecule has 0 aliphatic carbocycles. The van der Waals surface area contributed by atoms with Crippen LogP contribution in [0.15, 0.2) is 18.3 Å². The fourth-order valence-electron chi connectivity index (χ4n) is 2.64. The molecule has 0 aromatic carbocycles. The lowest BCUT2D eigenvalue weighted by Gasteiger charge is -2.31. The van der Waals surface area contributed by atoms with E-state index in [9.17, 15) is 0 Å². The molecule has 1 saturated heterocycles. The van der Waals surface area contributed by atoms with Crippen molar-refractivity contribution in [2.45, 2.75) is 32.4 Å². The number of rotatable bonds is 3. The van der Waals surface area contributed by atoms with Crippen molar-refractivity contribution in [3.63, 3.8) is 0 Å². The van der Waals surface area contributed by atoms with Gasteiger partial charge in [-0.25, -0.2) is 4.98 Å². The van der Waals surface area contributed by atoms with Crippen molar-refractivity contribution in [3.8, 4) is 0 Å². The maximum absolute atomic E-state index is 5.71. The van der Waals surface area contributed by atoms with Gasteiger partial charge in [0.15, 0.2) is 0 Å². The van der Waals surface area contributed by atoms with Gasteiger partial charge in [0, 0.05) is 31.9 Å². The first-order chi connectivity index (χ1) is 8.74. The van der Waals surface area contributed by atoms with Crippen LogP contribution in [0.3, 0.4) is 0 Å². The molecule has 4 heteroatoms. The molecule has 1 aliphatic rings. The van der Waals surface area contributed by atoms with Gasteiger partial charge in [0.1, 0.15) is 5.82 Å². The molecule has 4 nitrogen and oxygen atoms in total. The number of aromatic nitrogens is 1. The number of hydrogen-bond acceptors (Lipinski definition) is 4. The maximum atomic E-state index is 5.71. The van der Waals surface area contributed by atoms with Crippen LogP contribution in [0.1, 0.15) is 25.3 Å². The molecule has 0 spiro atoms. The zero-order valence-electron chi connectivity index (χ0n) is 11.5. The Labute approximate surface area is 110 Å². The molecule has 1 fully saturated rings. The van der Waals surface area contributed by atoms with Crippen molar-refractivity contribution in [1.29, 1.82) is 0 Å². The van der Waals surface area contributed by atoms with Crippen LogP contribution >= 0.6 is 0 Å². The van der Waals surface area contributed by atoms with E-state index in [0.717, 1.165) is 30.9 Å². The highest BCUT2D eigenvalue weighted by molar-refractivity contribution is 5.42. The molecule has 1 aliphatic heterocycles. The highest BCUT2D eigenvalue weighted by Crippen LogP contribution is 2.20. The van der Waals surface area contributed by atoms with Gasteiger partial charge in [-0.1, -0.05) is 6.92 Å². The van der Waals surface area contributed by atoms with Gasteiger partial charge in [-0.15, -0.1) is 0 Å². The quantitative estimate of drug-likeness (QED) is 0.879. The smallest absolute Gasteiger partial charge is 0.129 e. The first-order valence-corrected chi connectivity index (χ1v) is 6.84. The number of likely N-dealkylation sites (N-methyl/N-ethyl adjacent to an activating group) is 1. The molecule has 1 atom stereocenters. The molecule has 0 radical (unpaired) electrons. The summed E-state index contributed by atoms with van der Waals surface area (Å²) >= 11 is 0. The molecule has 1 unspecified atom stereocenters. The minimum atomic E-state index is 0.554. The van der Waals surface area contributed by atoms with E-state index >= 15 is 0 Å². The maximum Gasteiger partial charge on any atom is 0.129 e. The van der Waals surface area contributed by atoms with Crippen LogP contribution in [0.25, 0.3) is 0 Å². The fourth-order valence-corrected chi connectivity index (χ4v) is 2.64. The van der Waals surface area contributed by atoms with Crippen LogP contribution in [0.4, 0.5) is 5.82 Å². The molecule has 2 rings (SSSR count). The summed E-state index contributed by atoms with van der Waals surface area (Å²) in [5.74, 6) is 1.08. The largest absolute Gasteiger partial charge is 0.352 e. The SMILES string of the molecule is CCC1CN(C)CCCN1c1cc(CN)ccn1. The first kappa shape index (κ1) is 13.3. The zero-order chi connectivity index (χ0) is 13.0. The lowest BCUT2D eigenvalue weighted by molar-refractivity contribution is 0.327. The Kier molecular flexibility index (Phi) is 4.55. The molecule has 2 heterocycles. The van der Waals surface area contributed by atoms with E-state index in [1.165, 1.54) is 13.0 Å². The molecule has 0 amide bonds. The predicted octanol–water partition coefficient (Wildman–Crippen LogP) is 1.46. The monoisotopic (exact) mass is 248 g/mol. The van der Waals surface area contributed by atoms with Gasteiger partial charge in [-0.3, -0.25) is 0 Å². The minimum Gasteiger partial charge on any atom is -0.352 e. The summed E-state index contributed by atoms with van der Waals surface area (Å²) < 4.78 is 0. The molecule has 1 aromatic rings. The van der Waals surface area contributed by atoms with Crippen LogP contribution in [-0.2, 0) is 6.54 Å².